The van der Waals surface area contributed by atoms with Crippen molar-refractivity contribution in [2.45, 2.75) is 39.8 Å². The number of aryl methyl sites for hydroxylation is 1. The predicted octanol–water partition coefficient (Wildman–Crippen LogP) is 2.03. The molecule has 0 aliphatic carbocycles. The number of hydrogen-bond donors (Lipinski definition) is 0. The SMILES string of the molecule is CC(=O)N1CCN(Cc2ccc(C)o2)C(C)(C)C1. The third-order valence-electron chi connectivity index (χ3n) is 3.66. The standard InChI is InChI=1S/C14H22N2O2/c1-11-5-6-13(18-11)9-16-8-7-15(12(2)17)10-14(16,3)4/h5-6H,7-10H2,1-4H3. The maximum atomic E-state index is 11.4. The predicted molar refractivity (Wildman–Crippen MR) is 70.2 cm³/mol. The minimum Gasteiger partial charge on any atom is -0.465 e. The van der Waals surface area contributed by atoms with Gasteiger partial charge in [0.2, 0.25) is 5.91 Å². The van der Waals surface area contributed by atoms with Crippen LogP contribution in [-0.2, 0) is 11.3 Å². The Labute approximate surface area is 109 Å². The molecule has 0 radical (unpaired) electrons. The number of hydrogen-bond acceptors (Lipinski definition) is 3. The topological polar surface area (TPSA) is 36.7 Å². The summed E-state index contributed by atoms with van der Waals surface area (Å²) in [5, 5.41) is 0. The van der Waals surface area contributed by atoms with E-state index in [0.717, 1.165) is 37.7 Å². The molecule has 1 aromatic rings. The summed E-state index contributed by atoms with van der Waals surface area (Å²) in [5.41, 5.74) is -0.00931. The summed E-state index contributed by atoms with van der Waals surface area (Å²) >= 11 is 0. The number of rotatable bonds is 2. The van der Waals surface area contributed by atoms with Crippen LogP contribution in [0.25, 0.3) is 0 Å². The van der Waals surface area contributed by atoms with Crippen LogP contribution in [-0.4, -0.2) is 40.9 Å². The smallest absolute Gasteiger partial charge is 0.219 e. The van der Waals surface area contributed by atoms with E-state index < -0.39 is 0 Å². The number of furan rings is 1. The van der Waals surface area contributed by atoms with Crippen LogP contribution in [0.2, 0.25) is 0 Å². The molecule has 0 N–H and O–H groups in total. The second-order valence-corrected chi connectivity index (χ2v) is 5.69. The van der Waals surface area contributed by atoms with Crippen molar-refractivity contribution in [2.24, 2.45) is 0 Å². The van der Waals surface area contributed by atoms with Crippen molar-refractivity contribution in [3.63, 3.8) is 0 Å². The molecule has 100 valence electrons. The molecule has 0 aromatic carbocycles. The molecule has 2 heterocycles. The Morgan fingerprint density at radius 2 is 2.11 bits per heavy atom. The highest BCUT2D eigenvalue weighted by Crippen LogP contribution is 2.23. The molecule has 0 spiro atoms. The normalized spacial score (nSPS) is 20.1. The zero-order chi connectivity index (χ0) is 13.3. The molecule has 0 atom stereocenters. The number of carbonyl (C=O) groups is 1. The molecule has 4 nitrogen and oxygen atoms in total. The van der Waals surface area contributed by atoms with Gasteiger partial charge in [0.25, 0.3) is 0 Å². The maximum absolute atomic E-state index is 11.4. The Kier molecular flexibility index (Phi) is 3.48. The molecular formula is C14H22N2O2. The first-order chi connectivity index (χ1) is 8.38. The molecule has 1 saturated heterocycles. The molecule has 1 aliphatic heterocycles. The van der Waals surface area contributed by atoms with Gasteiger partial charge < -0.3 is 9.32 Å². The fraction of sp³-hybridized carbons (Fsp3) is 0.643. The van der Waals surface area contributed by atoms with Crippen molar-refractivity contribution in [3.05, 3.63) is 23.7 Å². The fourth-order valence-electron chi connectivity index (χ4n) is 2.51. The van der Waals surface area contributed by atoms with Crippen LogP contribution < -0.4 is 0 Å². The largest absolute Gasteiger partial charge is 0.465 e. The van der Waals surface area contributed by atoms with Crippen LogP contribution in [0.3, 0.4) is 0 Å². The Bertz CT molecular complexity index is 437. The van der Waals surface area contributed by atoms with Crippen LogP contribution in [0.5, 0.6) is 0 Å². The lowest BCUT2D eigenvalue weighted by Gasteiger charge is -2.46. The first kappa shape index (κ1) is 13.1. The van der Waals surface area contributed by atoms with Crippen LogP contribution >= 0.6 is 0 Å². The van der Waals surface area contributed by atoms with Crippen LogP contribution in [0.15, 0.2) is 16.5 Å². The van der Waals surface area contributed by atoms with Crippen molar-refractivity contribution in [1.29, 1.82) is 0 Å². The van der Waals surface area contributed by atoms with Crippen molar-refractivity contribution in [1.82, 2.24) is 9.80 Å². The Balaban J connectivity index is 2.04. The lowest BCUT2D eigenvalue weighted by atomic mass is 9.98. The van der Waals surface area contributed by atoms with E-state index in [9.17, 15) is 4.79 Å². The van der Waals surface area contributed by atoms with E-state index in [1.807, 2.05) is 24.0 Å². The molecule has 0 bridgehead atoms. The summed E-state index contributed by atoms with van der Waals surface area (Å²) in [5.74, 6) is 2.11. The second-order valence-electron chi connectivity index (χ2n) is 5.69. The van der Waals surface area contributed by atoms with E-state index in [2.05, 4.69) is 18.7 Å². The van der Waals surface area contributed by atoms with E-state index in [1.165, 1.54) is 0 Å². The van der Waals surface area contributed by atoms with Crippen LogP contribution in [0.4, 0.5) is 0 Å². The van der Waals surface area contributed by atoms with Gasteiger partial charge in [0.05, 0.1) is 6.54 Å². The van der Waals surface area contributed by atoms with E-state index in [-0.39, 0.29) is 11.4 Å². The van der Waals surface area contributed by atoms with Gasteiger partial charge >= 0.3 is 0 Å². The highest BCUT2D eigenvalue weighted by molar-refractivity contribution is 5.73. The van der Waals surface area contributed by atoms with E-state index in [0.29, 0.717) is 0 Å². The lowest BCUT2D eigenvalue weighted by molar-refractivity contribution is -0.134. The molecule has 0 saturated carbocycles. The molecule has 2 rings (SSSR count). The minimum atomic E-state index is -0.00931. The summed E-state index contributed by atoms with van der Waals surface area (Å²) in [6.45, 7) is 11.2. The van der Waals surface area contributed by atoms with Gasteiger partial charge in [-0.2, -0.15) is 0 Å². The first-order valence-electron chi connectivity index (χ1n) is 6.44. The van der Waals surface area contributed by atoms with Gasteiger partial charge in [-0.1, -0.05) is 0 Å². The van der Waals surface area contributed by atoms with E-state index in [4.69, 9.17) is 4.42 Å². The molecule has 18 heavy (non-hydrogen) atoms. The zero-order valence-electron chi connectivity index (χ0n) is 11.7. The average Bonchev–Trinajstić information content (AvgIpc) is 2.66. The summed E-state index contributed by atoms with van der Waals surface area (Å²) in [7, 11) is 0. The Hall–Kier alpha value is -1.29. The highest BCUT2D eigenvalue weighted by atomic mass is 16.3. The third kappa shape index (κ3) is 2.75. The lowest BCUT2D eigenvalue weighted by Crippen LogP contribution is -2.59. The number of nitrogens with zero attached hydrogens (tertiary/aromatic N) is 2. The molecule has 1 amide bonds. The van der Waals surface area contributed by atoms with E-state index in [1.54, 1.807) is 6.92 Å². The molecular weight excluding hydrogens is 228 g/mol. The average molecular weight is 250 g/mol. The zero-order valence-corrected chi connectivity index (χ0v) is 11.7. The first-order valence-corrected chi connectivity index (χ1v) is 6.44. The van der Waals surface area contributed by atoms with Gasteiger partial charge in [-0.05, 0) is 32.9 Å². The number of carbonyl (C=O) groups excluding carboxylic acids is 1. The van der Waals surface area contributed by atoms with Gasteiger partial charge in [0.1, 0.15) is 11.5 Å². The van der Waals surface area contributed by atoms with Gasteiger partial charge in [0, 0.05) is 32.1 Å². The van der Waals surface area contributed by atoms with Gasteiger partial charge in [-0.15, -0.1) is 0 Å². The summed E-state index contributed by atoms with van der Waals surface area (Å²) in [6.07, 6.45) is 0. The molecule has 0 unspecified atom stereocenters. The van der Waals surface area contributed by atoms with Crippen LogP contribution in [0, 0.1) is 6.92 Å². The Morgan fingerprint density at radius 1 is 1.39 bits per heavy atom. The van der Waals surface area contributed by atoms with E-state index >= 15 is 0 Å². The molecule has 1 aromatic heterocycles. The highest BCUT2D eigenvalue weighted by Gasteiger charge is 2.34. The third-order valence-corrected chi connectivity index (χ3v) is 3.66. The molecule has 1 fully saturated rings. The summed E-state index contributed by atoms with van der Waals surface area (Å²) < 4.78 is 5.63. The molecule has 4 heteroatoms. The van der Waals surface area contributed by atoms with Crippen molar-refractivity contribution in [3.8, 4) is 0 Å². The van der Waals surface area contributed by atoms with Gasteiger partial charge in [-0.3, -0.25) is 9.69 Å². The minimum absolute atomic E-state index is 0.00931. The quantitative estimate of drug-likeness (QED) is 0.806. The summed E-state index contributed by atoms with van der Waals surface area (Å²) in [6, 6.07) is 4.02. The van der Waals surface area contributed by atoms with Crippen molar-refractivity contribution in [2.75, 3.05) is 19.6 Å². The van der Waals surface area contributed by atoms with Crippen molar-refractivity contribution < 1.29 is 9.21 Å². The number of amides is 1. The van der Waals surface area contributed by atoms with Crippen LogP contribution in [0.1, 0.15) is 32.3 Å². The van der Waals surface area contributed by atoms with Gasteiger partial charge in [-0.25, -0.2) is 0 Å². The van der Waals surface area contributed by atoms with Gasteiger partial charge in [0.15, 0.2) is 0 Å². The number of piperazine rings is 1. The molecule has 1 aliphatic rings. The second kappa shape index (κ2) is 4.76. The van der Waals surface area contributed by atoms with Crippen molar-refractivity contribution >= 4 is 5.91 Å². The summed E-state index contributed by atoms with van der Waals surface area (Å²) in [4.78, 5) is 15.7. The fourth-order valence-corrected chi connectivity index (χ4v) is 2.51. The monoisotopic (exact) mass is 250 g/mol. The Morgan fingerprint density at radius 3 is 2.61 bits per heavy atom. The maximum Gasteiger partial charge on any atom is 0.219 e.